The summed E-state index contributed by atoms with van der Waals surface area (Å²) >= 11 is 0. The van der Waals surface area contributed by atoms with E-state index in [2.05, 4.69) is 21.7 Å². The third-order valence-electron chi connectivity index (χ3n) is 7.03. The van der Waals surface area contributed by atoms with Crippen LogP contribution < -0.4 is 0 Å². The maximum Gasteiger partial charge on any atom is 0.253 e. The summed E-state index contributed by atoms with van der Waals surface area (Å²) in [6.45, 7) is 7.29. The third-order valence-corrected chi connectivity index (χ3v) is 7.03. The molecule has 0 amide bonds. The van der Waals surface area contributed by atoms with Gasteiger partial charge in [0.25, 0.3) is 5.92 Å². The van der Waals surface area contributed by atoms with Crippen molar-refractivity contribution in [3.05, 3.63) is 0 Å². The summed E-state index contributed by atoms with van der Waals surface area (Å²) in [5.41, 5.74) is 0. The van der Waals surface area contributed by atoms with Crippen molar-refractivity contribution >= 4 is 0 Å². The number of β-amino-alcohol motifs (C(OH)–C–C–N with tert-alkyl or cyclic N) is 1. The van der Waals surface area contributed by atoms with Gasteiger partial charge in [0.1, 0.15) is 0 Å². The topological polar surface area (TPSA) is 30.0 Å². The summed E-state index contributed by atoms with van der Waals surface area (Å²) in [6, 6.07) is 0. The molecule has 3 fully saturated rings. The second-order valence-electron chi connectivity index (χ2n) is 8.84. The molecule has 3 aliphatic heterocycles. The van der Waals surface area contributed by atoms with Crippen molar-refractivity contribution in [1.82, 2.24) is 14.7 Å². The zero-order valence-electron chi connectivity index (χ0n) is 16.4. The molecule has 0 atom stereocenters. The average Bonchev–Trinajstić information content (AvgIpc) is 2.65. The van der Waals surface area contributed by atoms with Crippen LogP contribution in [0.1, 0.15) is 38.5 Å². The van der Waals surface area contributed by atoms with E-state index in [1.165, 1.54) is 25.9 Å². The van der Waals surface area contributed by atoms with Crippen LogP contribution in [0.3, 0.4) is 0 Å². The van der Waals surface area contributed by atoms with Crippen LogP contribution in [0.5, 0.6) is 0 Å². The maximum absolute atomic E-state index is 15.0. The summed E-state index contributed by atoms with van der Waals surface area (Å²) in [7, 11) is 2.18. The van der Waals surface area contributed by atoms with Crippen molar-refractivity contribution in [2.75, 3.05) is 66.0 Å². The van der Waals surface area contributed by atoms with Crippen molar-refractivity contribution in [1.29, 1.82) is 0 Å². The van der Waals surface area contributed by atoms with Gasteiger partial charge in [-0.15, -0.1) is 0 Å². The fourth-order valence-electron chi connectivity index (χ4n) is 5.13. The van der Waals surface area contributed by atoms with Crippen LogP contribution in [0.4, 0.5) is 8.78 Å². The number of nitrogens with zero attached hydrogens (tertiary/aromatic N) is 3. The fraction of sp³-hybridized carbons (Fsp3) is 1.00. The van der Waals surface area contributed by atoms with E-state index in [-0.39, 0.29) is 6.61 Å². The summed E-state index contributed by atoms with van der Waals surface area (Å²) < 4.78 is 30.1. The highest BCUT2D eigenvalue weighted by Crippen LogP contribution is 2.43. The number of rotatable bonds is 6. The minimum absolute atomic E-state index is 0.122. The smallest absolute Gasteiger partial charge is 0.253 e. The predicted octanol–water partition coefficient (Wildman–Crippen LogP) is 2.38. The Morgan fingerprint density at radius 2 is 1.31 bits per heavy atom. The number of alkyl halides is 2. The molecular formula is C20H37F2N3O. The molecule has 0 radical (unpaired) electrons. The Balaban J connectivity index is 1.42. The molecule has 0 aromatic carbocycles. The number of aliphatic hydroxyl groups is 1. The predicted molar refractivity (Wildman–Crippen MR) is 101 cm³/mol. The molecule has 4 nitrogen and oxygen atoms in total. The van der Waals surface area contributed by atoms with Crippen molar-refractivity contribution in [2.45, 2.75) is 44.4 Å². The van der Waals surface area contributed by atoms with Crippen LogP contribution in [-0.4, -0.2) is 91.7 Å². The molecule has 0 aromatic heterocycles. The zero-order chi connectivity index (χ0) is 18.6. The Kier molecular flexibility index (Phi) is 7.28. The minimum atomic E-state index is -2.52. The zero-order valence-corrected chi connectivity index (χ0v) is 16.4. The Labute approximate surface area is 157 Å². The van der Waals surface area contributed by atoms with Gasteiger partial charge in [0, 0.05) is 24.9 Å². The molecule has 1 N–H and O–H groups in total. The number of likely N-dealkylation sites (tertiary alicyclic amines) is 3. The molecule has 0 unspecified atom stereocenters. The van der Waals surface area contributed by atoms with Crippen molar-refractivity contribution in [2.24, 2.45) is 17.8 Å². The van der Waals surface area contributed by atoms with Crippen molar-refractivity contribution in [3.63, 3.8) is 0 Å². The molecule has 3 heterocycles. The maximum atomic E-state index is 15.0. The minimum Gasteiger partial charge on any atom is -0.395 e. The number of halogens is 2. The molecule has 0 saturated carbocycles. The van der Waals surface area contributed by atoms with Crippen LogP contribution in [0.25, 0.3) is 0 Å². The molecule has 0 bridgehead atoms. The van der Waals surface area contributed by atoms with Crippen LogP contribution in [-0.2, 0) is 0 Å². The first-order valence-electron chi connectivity index (χ1n) is 10.6. The van der Waals surface area contributed by atoms with E-state index in [4.69, 9.17) is 5.11 Å². The molecule has 3 rings (SSSR count). The van der Waals surface area contributed by atoms with E-state index in [1.807, 2.05) is 0 Å². The van der Waals surface area contributed by atoms with Gasteiger partial charge in [0.2, 0.25) is 0 Å². The largest absolute Gasteiger partial charge is 0.395 e. The van der Waals surface area contributed by atoms with E-state index < -0.39 is 17.8 Å². The molecular weight excluding hydrogens is 336 g/mol. The van der Waals surface area contributed by atoms with Gasteiger partial charge < -0.3 is 19.8 Å². The van der Waals surface area contributed by atoms with Crippen molar-refractivity contribution < 1.29 is 13.9 Å². The van der Waals surface area contributed by atoms with Gasteiger partial charge in [0.05, 0.1) is 6.61 Å². The molecule has 0 aromatic rings. The number of hydrogen-bond donors (Lipinski definition) is 1. The number of hydrogen-bond acceptors (Lipinski definition) is 4. The monoisotopic (exact) mass is 373 g/mol. The van der Waals surface area contributed by atoms with Gasteiger partial charge in [-0.1, -0.05) is 0 Å². The summed E-state index contributed by atoms with van der Waals surface area (Å²) in [6.07, 6.45) is 4.94. The molecule has 0 spiro atoms. The highest BCUT2D eigenvalue weighted by molar-refractivity contribution is 4.91. The molecule has 3 saturated heterocycles. The molecule has 0 aliphatic carbocycles. The Hall–Kier alpha value is -0.300. The Morgan fingerprint density at radius 1 is 0.808 bits per heavy atom. The second-order valence-corrected chi connectivity index (χ2v) is 8.84. The third kappa shape index (κ3) is 5.15. The van der Waals surface area contributed by atoms with Gasteiger partial charge in [-0.05, 0) is 90.8 Å². The molecule has 152 valence electrons. The van der Waals surface area contributed by atoms with E-state index >= 15 is 8.78 Å². The lowest BCUT2D eigenvalue weighted by molar-refractivity contribution is -0.137. The Bertz CT molecular complexity index is 413. The van der Waals surface area contributed by atoms with Crippen molar-refractivity contribution in [3.8, 4) is 0 Å². The fourth-order valence-corrected chi connectivity index (χ4v) is 5.13. The first-order chi connectivity index (χ1) is 12.5. The quantitative estimate of drug-likeness (QED) is 0.774. The molecule has 26 heavy (non-hydrogen) atoms. The van der Waals surface area contributed by atoms with Crippen LogP contribution in [0.2, 0.25) is 0 Å². The lowest BCUT2D eigenvalue weighted by Crippen LogP contribution is -2.49. The van der Waals surface area contributed by atoms with Crippen LogP contribution in [0, 0.1) is 17.8 Å². The second kappa shape index (κ2) is 9.26. The standard InChI is InChI=1S/C20H37F2N3O/c1-23-8-2-17(3-9-23)16-25-12-6-19(7-13-25)20(21,22)18-4-10-24(11-5-18)14-15-26/h17-19,26H,2-16H2,1H3. The van der Waals surface area contributed by atoms with Crippen LogP contribution in [0.15, 0.2) is 0 Å². The molecule has 6 heteroatoms. The first-order valence-corrected chi connectivity index (χ1v) is 10.6. The average molecular weight is 374 g/mol. The van der Waals surface area contributed by atoms with Gasteiger partial charge >= 0.3 is 0 Å². The van der Waals surface area contributed by atoms with Crippen LogP contribution >= 0.6 is 0 Å². The van der Waals surface area contributed by atoms with Gasteiger partial charge in [-0.25, -0.2) is 8.78 Å². The summed E-state index contributed by atoms with van der Waals surface area (Å²) in [5.74, 6) is -2.68. The van der Waals surface area contributed by atoms with Gasteiger partial charge in [0.15, 0.2) is 0 Å². The summed E-state index contributed by atoms with van der Waals surface area (Å²) in [5, 5.41) is 9.01. The van der Waals surface area contributed by atoms with Gasteiger partial charge in [-0.2, -0.15) is 0 Å². The number of aliphatic hydroxyl groups excluding tert-OH is 1. The Morgan fingerprint density at radius 3 is 1.81 bits per heavy atom. The van der Waals surface area contributed by atoms with E-state index in [0.717, 1.165) is 25.6 Å². The van der Waals surface area contributed by atoms with E-state index in [0.29, 0.717) is 45.3 Å². The van der Waals surface area contributed by atoms with E-state index in [1.54, 1.807) is 0 Å². The lowest BCUT2D eigenvalue weighted by atomic mass is 9.79. The SMILES string of the molecule is CN1CCC(CN2CCC(C(F)(F)C3CCN(CCO)CC3)CC2)CC1. The van der Waals surface area contributed by atoms with E-state index in [9.17, 15) is 0 Å². The first kappa shape index (κ1) is 20.4. The highest BCUT2D eigenvalue weighted by atomic mass is 19.3. The number of piperidine rings is 3. The highest BCUT2D eigenvalue weighted by Gasteiger charge is 2.48. The lowest BCUT2D eigenvalue weighted by Gasteiger charge is -2.43. The summed E-state index contributed by atoms with van der Waals surface area (Å²) in [4.78, 5) is 6.93. The normalized spacial score (nSPS) is 27.2. The van der Waals surface area contributed by atoms with Gasteiger partial charge in [-0.3, -0.25) is 0 Å². The molecule has 3 aliphatic rings.